The van der Waals surface area contributed by atoms with Gasteiger partial charge < -0.3 is 9.64 Å². The first kappa shape index (κ1) is 15.2. The summed E-state index contributed by atoms with van der Waals surface area (Å²) in [4.78, 5) is 13.8. The van der Waals surface area contributed by atoms with E-state index >= 15 is 0 Å². The molecule has 1 aliphatic rings. The highest BCUT2D eigenvalue weighted by molar-refractivity contribution is 5.81. The number of hydrogen-bond donors (Lipinski definition) is 1. The lowest BCUT2D eigenvalue weighted by atomic mass is 9.87. The predicted molar refractivity (Wildman–Crippen MR) is 60.2 cm³/mol. The van der Waals surface area contributed by atoms with Gasteiger partial charge in [0.1, 0.15) is 5.54 Å². The first-order valence-corrected chi connectivity index (χ1v) is 5.95. The monoisotopic (exact) mass is 268 g/mol. The Morgan fingerprint density at radius 1 is 1.39 bits per heavy atom. The standard InChI is InChI=1S/C11H19F3N2O2/c1-3-16-6-4-10(5-7-16,9(17)18-2)15-8-11(12,13)14/h15H,3-8H2,1-2H3. The van der Waals surface area contributed by atoms with Gasteiger partial charge >= 0.3 is 12.1 Å². The minimum Gasteiger partial charge on any atom is -0.468 e. The Hall–Kier alpha value is -0.820. The van der Waals surface area contributed by atoms with E-state index < -0.39 is 24.2 Å². The van der Waals surface area contributed by atoms with Crippen LogP contribution in [0, 0.1) is 0 Å². The zero-order chi connectivity index (χ0) is 13.8. The second-order valence-corrected chi connectivity index (χ2v) is 4.48. The molecule has 7 heteroatoms. The predicted octanol–water partition coefficient (Wildman–Crippen LogP) is 1.17. The van der Waals surface area contributed by atoms with Crippen molar-refractivity contribution in [1.82, 2.24) is 10.2 Å². The number of ether oxygens (including phenoxy) is 1. The molecule has 1 aliphatic heterocycles. The van der Waals surface area contributed by atoms with Crippen LogP contribution in [0.3, 0.4) is 0 Å². The summed E-state index contributed by atoms with van der Waals surface area (Å²) in [5.74, 6) is -0.609. The van der Waals surface area contributed by atoms with Gasteiger partial charge in [0.25, 0.3) is 0 Å². The number of rotatable bonds is 4. The molecule has 0 radical (unpaired) electrons. The van der Waals surface area contributed by atoms with Crippen LogP contribution in [0.1, 0.15) is 19.8 Å². The number of likely N-dealkylation sites (tertiary alicyclic amines) is 1. The molecule has 0 aromatic heterocycles. The molecule has 0 unspecified atom stereocenters. The van der Waals surface area contributed by atoms with Gasteiger partial charge in [0.15, 0.2) is 0 Å². The number of carbonyl (C=O) groups excluding carboxylic acids is 1. The fraction of sp³-hybridized carbons (Fsp3) is 0.909. The summed E-state index contributed by atoms with van der Waals surface area (Å²) >= 11 is 0. The lowest BCUT2D eigenvalue weighted by Gasteiger charge is -2.40. The summed E-state index contributed by atoms with van der Waals surface area (Å²) in [6.45, 7) is 2.83. The summed E-state index contributed by atoms with van der Waals surface area (Å²) in [5.41, 5.74) is -1.20. The number of methoxy groups -OCH3 is 1. The molecule has 0 saturated carbocycles. The van der Waals surface area contributed by atoms with Gasteiger partial charge in [-0.3, -0.25) is 10.1 Å². The fourth-order valence-electron chi connectivity index (χ4n) is 2.17. The molecule has 0 aliphatic carbocycles. The number of hydrogen-bond acceptors (Lipinski definition) is 4. The van der Waals surface area contributed by atoms with Gasteiger partial charge in [-0.1, -0.05) is 6.92 Å². The Morgan fingerprint density at radius 3 is 2.33 bits per heavy atom. The molecule has 1 heterocycles. The van der Waals surface area contributed by atoms with Crippen LogP contribution in [-0.4, -0.2) is 55.9 Å². The number of piperidine rings is 1. The zero-order valence-electron chi connectivity index (χ0n) is 10.6. The molecule has 1 fully saturated rings. The second-order valence-electron chi connectivity index (χ2n) is 4.48. The maximum absolute atomic E-state index is 12.3. The highest BCUT2D eigenvalue weighted by Crippen LogP contribution is 2.25. The molecule has 1 saturated heterocycles. The van der Waals surface area contributed by atoms with Crippen molar-refractivity contribution >= 4 is 5.97 Å². The van der Waals surface area contributed by atoms with Crippen molar-refractivity contribution in [2.75, 3.05) is 33.3 Å². The maximum Gasteiger partial charge on any atom is 0.401 e. The number of carbonyl (C=O) groups is 1. The van der Waals surface area contributed by atoms with Crippen LogP contribution in [-0.2, 0) is 9.53 Å². The smallest absolute Gasteiger partial charge is 0.401 e. The van der Waals surface area contributed by atoms with Gasteiger partial charge in [0, 0.05) is 13.1 Å². The summed E-state index contributed by atoms with van der Waals surface area (Å²) in [7, 11) is 1.20. The number of alkyl halides is 3. The van der Waals surface area contributed by atoms with Crippen molar-refractivity contribution in [1.29, 1.82) is 0 Å². The van der Waals surface area contributed by atoms with Crippen LogP contribution in [0.2, 0.25) is 0 Å². The van der Waals surface area contributed by atoms with E-state index in [1.165, 1.54) is 7.11 Å². The molecule has 106 valence electrons. The van der Waals surface area contributed by atoms with Crippen LogP contribution in [0.5, 0.6) is 0 Å². The molecule has 4 nitrogen and oxygen atoms in total. The molecular weight excluding hydrogens is 249 g/mol. The summed E-state index contributed by atoms with van der Waals surface area (Å²) in [6, 6.07) is 0. The summed E-state index contributed by atoms with van der Waals surface area (Å²) < 4.78 is 41.4. The van der Waals surface area contributed by atoms with Crippen LogP contribution in [0.4, 0.5) is 13.2 Å². The van der Waals surface area contributed by atoms with E-state index in [2.05, 4.69) is 15.0 Å². The molecule has 0 aromatic rings. The Morgan fingerprint density at radius 2 is 1.94 bits per heavy atom. The van der Waals surface area contributed by atoms with Gasteiger partial charge in [0.05, 0.1) is 13.7 Å². The first-order valence-electron chi connectivity index (χ1n) is 5.95. The highest BCUT2D eigenvalue weighted by atomic mass is 19.4. The third-order valence-electron chi connectivity index (χ3n) is 3.36. The van der Waals surface area contributed by atoms with E-state index in [1.54, 1.807) is 0 Å². The van der Waals surface area contributed by atoms with Crippen molar-refractivity contribution in [3.63, 3.8) is 0 Å². The maximum atomic E-state index is 12.3. The third kappa shape index (κ3) is 3.84. The fourth-order valence-corrected chi connectivity index (χ4v) is 2.17. The van der Waals surface area contributed by atoms with E-state index in [9.17, 15) is 18.0 Å². The number of nitrogens with zero attached hydrogens (tertiary/aromatic N) is 1. The van der Waals surface area contributed by atoms with E-state index in [0.29, 0.717) is 25.9 Å². The number of nitrogens with one attached hydrogen (secondary N) is 1. The lowest BCUT2D eigenvalue weighted by molar-refractivity contribution is -0.156. The molecule has 0 aromatic carbocycles. The quantitative estimate of drug-likeness (QED) is 0.777. The normalized spacial score (nSPS) is 20.7. The summed E-state index contributed by atoms with van der Waals surface area (Å²) in [6.07, 6.45) is -3.66. The molecule has 0 amide bonds. The molecule has 18 heavy (non-hydrogen) atoms. The van der Waals surface area contributed by atoms with E-state index in [-0.39, 0.29) is 0 Å². The van der Waals surface area contributed by atoms with Gasteiger partial charge in [-0.2, -0.15) is 13.2 Å². The van der Waals surface area contributed by atoms with E-state index in [4.69, 9.17) is 0 Å². The van der Waals surface area contributed by atoms with Crippen LogP contribution in [0.15, 0.2) is 0 Å². The van der Waals surface area contributed by atoms with Crippen molar-refractivity contribution in [2.24, 2.45) is 0 Å². The minimum absolute atomic E-state index is 0.337. The van der Waals surface area contributed by atoms with Crippen molar-refractivity contribution in [2.45, 2.75) is 31.5 Å². The summed E-state index contributed by atoms with van der Waals surface area (Å²) in [5, 5.41) is 2.34. The van der Waals surface area contributed by atoms with Crippen molar-refractivity contribution in [3.05, 3.63) is 0 Å². The zero-order valence-corrected chi connectivity index (χ0v) is 10.6. The van der Waals surface area contributed by atoms with Gasteiger partial charge in [-0.25, -0.2) is 0 Å². The van der Waals surface area contributed by atoms with Crippen LogP contribution in [0.25, 0.3) is 0 Å². The molecule has 0 spiro atoms. The average molecular weight is 268 g/mol. The molecule has 0 atom stereocenters. The van der Waals surface area contributed by atoms with Gasteiger partial charge in [-0.05, 0) is 19.4 Å². The number of halogens is 3. The number of esters is 1. The molecule has 1 rings (SSSR count). The van der Waals surface area contributed by atoms with Gasteiger partial charge in [-0.15, -0.1) is 0 Å². The second kappa shape index (κ2) is 5.88. The Balaban J connectivity index is 2.69. The Labute approximate surface area is 104 Å². The largest absolute Gasteiger partial charge is 0.468 e. The van der Waals surface area contributed by atoms with Gasteiger partial charge in [0.2, 0.25) is 0 Å². The molecule has 0 bridgehead atoms. The lowest BCUT2D eigenvalue weighted by Crippen LogP contribution is -2.60. The molecular formula is C11H19F3N2O2. The van der Waals surface area contributed by atoms with E-state index in [0.717, 1.165) is 6.54 Å². The average Bonchev–Trinajstić information content (AvgIpc) is 2.35. The minimum atomic E-state index is -4.33. The Kier molecular flexibility index (Phi) is 4.98. The first-order chi connectivity index (χ1) is 8.33. The van der Waals surface area contributed by atoms with Crippen molar-refractivity contribution in [3.8, 4) is 0 Å². The molecule has 1 N–H and O–H groups in total. The van der Waals surface area contributed by atoms with Crippen LogP contribution >= 0.6 is 0 Å². The third-order valence-corrected chi connectivity index (χ3v) is 3.36. The van der Waals surface area contributed by atoms with E-state index in [1.807, 2.05) is 6.92 Å². The van der Waals surface area contributed by atoms with Crippen LogP contribution < -0.4 is 5.32 Å². The topological polar surface area (TPSA) is 41.6 Å². The Bertz CT molecular complexity index is 287. The highest BCUT2D eigenvalue weighted by Gasteiger charge is 2.44. The SMILES string of the molecule is CCN1CCC(NCC(F)(F)F)(C(=O)OC)CC1. The van der Waals surface area contributed by atoms with Crippen molar-refractivity contribution < 1.29 is 22.7 Å².